The third-order valence-corrected chi connectivity index (χ3v) is 3.41. The lowest BCUT2D eigenvalue weighted by Crippen LogP contribution is -2.13. The van der Waals surface area contributed by atoms with Gasteiger partial charge in [-0.15, -0.1) is 0 Å². The maximum absolute atomic E-state index is 13.2. The van der Waals surface area contributed by atoms with E-state index < -0.39 is 11.7 Å². The first-order valence-electron chi connectivity index (χ1n) is 5.70. The Kier molecular flexibility index (Phi) is 4.16. The number of nitrogens with two attached hydrogens (primary N) is 1. The number of hydrogen-bond donors (Lipinski definition) is 2. The van der Waals surface area contributed by atoms with Crippen LogP contribution in [-0.4, -0.2) is 5.91 Å². The number of aryl methyl sites for hydroxylation is 1. The fourth-order valence-corrected chi connectivity index (χ4v) is 2.13. The second-order valence-corrected chi connectivity index (χ2v) is 5.08. The van der Waals surface area contributed by atoms with E-state index in [2.05, 4.69) is 5.32 Å². The van der Waals surface area contributed by atoms with Crippen molar-refractivity contribution in [3.05, 3.63) is 57.3 Å². The number of hydrogen-bond acceptors (Lipinski definition) is 2. The molecule has 6 heteroatoms. The van der Waals surface area contributed by atoms with Gasteiger partial charge in [0.25, 0.3) is 5.91 Å². The normalized spacial score (nSPS) is 10.4. The Labute approximate surface area is 125 Å². The molecule has 104 valence electrons. The van der Waals surface area contributed by atoms with Gasteiger partial charge in [0.2, 0.25) is 0 Å². The first-order chi connectivity index (χ1) is 9.38. The molecule has 0 atom stereocenters. The molecule has 0 radical (unpaired) electrons. The molecule has 0 fully saturated rings. The molecule has 1 amide bonds. The van der Waals surface area contributed by atoms with Crippen LogP contribution < -0.4 is 11.1 Å². The predicted octanol–water partition coefficient (Wildman–Crippen LogP) is 4.28. The number of carbonyl (C=O) groups excluding carboxylic acids is 1. The molecule has 0 saturated heterocycles. The van der Waals surface area contributed by atoms with E-state index in [9.17, 15) is 9.18 Å². The molecule has 0 aliphatic heterocycles. The minimum atomic E-state index is -0.442. The Hall–Kier alpha value is -1.78. The maximum atomic E-state index is 13.2. The number of nitrogen functional groups attached to an aromatic ring is 1. The van der Waals surface area contributed by atoms with Gasteiger partial charge >= 0.3 is 0 Å². The molecule has 20 heavy (non-hydrogen) atoms. The summed E-state index contributed by atoms with van der Waals surface area (Å²) in [6.07, 6.45) is 0. The number of nitrogens with one attached hydrogen (secondary N) is 1. The van der Waals surface area contributed by atoms with Crippen molar-refractivity contribution in [1.82, 2.24) is 0 Å². The Morgan fingerprint density at radius 3 is 2.40 bits per heavy atom. The van der Waals surface area contributed by atoms with E-state index in [1.54, 1.807) is 13.0 Å². The first-order valence-corrected chi connectivity index (χ1v) is 6.46. The van der Waals surface area contributed by atoms with Crippen molar-refractivity contribution in [2.75, 3.05) is 11.1 Å². The second-order valence-electron chi connectivity index (χ2n) is 4.27. The molecule has 0 saturated carbocycles. The standard InChI is InChI=1S/C14H11Cl2FN2O/c1-7-2-3-9(17)6-12(7)19-14(20)8-4-10(15)13(18)11(16)5-8/h2-6H,18H2,1H3,(H,19,20). The van der Waals surface area contributed by atoms with Gasteiger partial charge in [0.1, 0.15) is 5.82 Å². The highest BCUT2D eigenvalue weighted by Gasteiger charge is 2.12. The highest BCUT2D eigenvalue weighted by molar-refractivity contribution is 6.39. The zero-order valence-electron chi connectivity index (χ0n) is 10.5. The van der Waals surface area contributed by atoms with Crippen LogP contribution in [0.3, 0.4) is 0 Å². The minimum Gasteiger partial charge on any atom is -0.396 e. The second kappa shape index (κ2) is 5.69. The summed E-state index contributed by atoms with van der Waals surface area (Å²) < 4.78 is 13.2. The van der Waals surface area contributed by atoms with Crippen LogP contribution in [0.1, 0.15) is 15.9 Å². The zero-order chi connectivity index (χ0) is 14.9. The third-order valence-electron chi connectivity index (χ3n) is 2.79. The van der Waals surface area contributed by atoms with E-state index in [0.29, 0.717) is 5.69 Å². The average molecular weight is 313 g/mol. The van der Waals surface area contributed by atoms with Crippen LogP contribution in [0.15, 0.2) is 30.3 Å². The van der Waals surface area contributed by atoms with Gasteiger partial charge in [-0.1, -0.05) is 29.3 Å². The number of carbonyl (C=O) groups is 1. The summed E-state index contributed by atoms with van der Waals surface area (Å²) >= 11 is 11.7. The van der Waals surface area contributed by atoms with E-state index in [1.807, 2.05) is 0 Å². The Morgan fingerprint density at radius 1 is 1.20 bits per heavy atom. The molecule has 0 bridgehead atoms. The van der Waals surface area contributed by atoms with Crippen LogP contribution >= 0.6 is 23.2 Å². The maximum Gasteiger partial charge on any atom is 0.255 e. The lowest BCUT2D eigenvalue weighted by Gasteiger charge is -2.10. The summed E-state index contributed by atoms with van der Waals surface area (Å²) in [5.41, 5.74) is 7.20. The summed E-state index contributed by atoms with van der Waals surface area (Å²) in [5, 5.41) is 2.99. The van der Waals surface area contributed by atoms with Crippen molar-refractivity contribution in [3.8, 4) is 0 Å². The average Bonchev–Trinajstić information content (AvgIpc) is 2.39. The van der Waals surface area contributed by atoms with Gasteiger partial charge in [-0.2, -0.15) is 0 Å². The molecular weight excluding hydrogens is 302 g/mol. The van der Waals surface area contributed by atoms with Crippen LogP contribution in [-0.2, 0) is 0 Å². The van der Waals surface area contributed by atoms with E-state index in [-0.39, 0.29) is 21.3 Å². The summed E-state index contributed by atoms with van der Waals surface area (Å²) in [6, 6.07) is 6.96. The first kappa shape index (κ1) is 14.6. The molecule has 3 N–H and O–H groups in total. The van der Waals surface area contributed by atoms with Crippen LogP contribution in [0.2, 0.25) is 10.0 Å². The fraction of sp³-hybridized carbons (Fsp3) is 0.0714. The Bertz CT molecular complexity index is 666. The largest absolute Gasteiger partial charge is 0.396 e. The minimum absolute atomic E-state index is 0.193. The monoisotopic (exact) mass is 312 g/mol. The quantitative estimate of drug-likeness (QED) is 0.813. The van der Waals surface area contributed by atoms with Gasteiger partial charge in [-0.25, -0.2) is 4.39 Å². The molecule has 0 aliphatic rings. The lowest BCUT2D eigenvalue weighted by molar-refractivity contribution is 0.102. The molecule has 2 rings (SSSR count). The van der Waals surface area contributed by atoms with Crippen molar-refractivity contribution in [3.63, 3.8) is 0 Å². The molecule has 2 aromatic rings. The smallest absolute Gasteiger partial charge is 0.255 e. The molecule has 0 aromatic heterocycles. The summed E-state index contributed by atoms with van der Waals surface area (Å²) in [5.74, 6) is -0.873. The highest BCUT2D eigenvalue weighted by atomic mass is 35.5. The highest BCUT2D eigenvalue weighted by Crippen LogP contribution is 2.29. The number of halogens is 3. The summed E-state index contributed by atoms with van der Waals surface area (Å²) in [7, 11) is 0. The van der Waals surface area contributed by atoms with Gasteiger partial charge in [0.15, 0.2) is 0 Å². The molecule has 0 unspecified atom stereocenters. The Morgan fingerprint density at radius 2 is 1.80 bits per heavy atom. The van der Waals surface area contributed by atoms with E-state index in [0.717, 1.165) is 5.56 Å². The molecule has 0 heterocycles. The molecule has 2 aromatic carbocycles. The van der Waals surface area contributed by atoms with Gasteiger partial charge in [0, 0.05) is 11.3 Å². The Balaban J connectivity index is 2.31. The summed E-state index contributed by atoms with van der Waals surface area (Å²) in [6.45, 7) is 1.76. The van der Waals surface area contributed by atoms with Crippen LogP contribution in [0, 0.1) is 12.7 Å². The topological polar surface area (TPSA) is 55.1 Å². The van der Waals surface area contributed by atoms with Gasteiger partial charge in [-0.05, 0) is 36.8 Å². The fourth-order valence-electron chi connectivity index (χ4n) is 1.64. The van der Waals surface area contributed by atoms with Crippen molar-refractivity contribution >= 4 is 40.5 Å². The molecule has 3 nitrogen and oxygen atoms in total. The van der Waals surface area contributed by atoms with Gasteiger partial charge in [0.05, 0.1) is 15.7 Å². The van der Waals surface area contributed by atoms with Gasteiger partial charge < -0.3 is 11.1 Å². The lowest BCUT2D eigenvalue weighted by atomic mass is 10.1. The zero-order valence-corrected chi connectivity index (χ0v) is 12.0. The molecule has 0 aliphatic carbocycles. The van der Waals surface area contributed by atoms with Crippen molar-refractivity contribution in [2.24, 2.45) is 0 Å². The summed E-state index contributed by atoms with van der Waals surface area (Å²) in [4.78, 5) is 12.1. The number of anilines is 2. The number of benzene rings is 2. The van der Waals surface area contributed by atoms with Crippen LogP contribution in [0.25, 0.3) is 0 Å². The van der Waals surface area contributed by atoms with Gasteiger partial charge in [-0.3, -0.25) is 4.79 Å². The predicted molar refractivity (Wildman–Crippen MR) is 80.0 cm³/mol. The van der Waals surface area contributed by atoms with E-state index in [4.69, 9.17) is 28.9 Å². The van der Waals surface area contributed by atoms with Crippen molar-refractivity contribution in [1.29, 1.82) is 0 Å². The van der Waals surface area contributed by atoms with Crippen LogP contribution in [0.5, 0.6) is 0 Å². The van der Waals surface area contributed by atoms with Crippen molar-refractivity contribution < 1.29 is 9.18 Å². The van der Waals surface area contributed by atoms with E-state index in [1.165, 1.54) is 24.3 Å². The van der Waals surface area contributed by atoms with Crippen LogP contribution in [0.4, 0.5) is 15.8 Å². The van der Waals surface area contributed by atoms with Crippen molar-refractivity contribution in [2.45, 2.75) is 6.92 Å². The molecular formula is C14H11Cl2FN2O. The third kappa shape index (κ3) is 3.03. The molecule has 0 spiro atoms. The SMILES string of the molecule is Cc1ccc(F)cc1NC(=O)c1cc(Cl)c(N)c(Cl)c1. The van der Waals surface area contributed by atoms with E-state index >= 15 is 0 Å². The number of rotatable bonds is 2. The number of amides is 1.